The van der Waals surface area contributed by atoms with Crippen LogP contribution in [0.4, 0.5) is 23.2 Å². The number of halogens is 4. The predicted octanol–water partition coefficient (Wildman–Crippen LogP) is 6.28. The lowest BCUT2D eigenvalue weighted by molar-refractivity contribution is -0.145. The van der Waals surface area contributed by atoms with Crippen molar-refractivity contribution >= 4 is 34.8 Å². The molecule has 1 aromatic heterocycles. The van der Waals surface area contributed by atoms with E-state index in [0.29, 0.717) is 36.2 Å². The molecule has 1 saturated heterocycles. The van der Waals surface area contributed by atoms with Crippen LogP contribution in [0.3, 0.4) is 0 Å². The second-order valence-electron chi connectivity index (χ2n) is 12.4. The summed E-state index contributed by atoms with van der Waals surface area (Å²) in [6, 6.07) is 9.22. The van der Waals surface area contributed by atoms with E-state index in [4.69, 9.17) is 4.74 Å². The summed E-state index contributed by atoms with van der Waals surface area (Å²) in [6.45, 7) is -0.0598. The topological polar surface area (TPSA) is 121 Å². The SMILES string of the molecule is O=C1N[C@]2(C(=O)O)C[C@H]2/C=C\CCCCC[C@H](Nc2cc(F)cc(C(F)(F)F)c2)C(=O)N2C[C@H](Oc3nc(-c4ccccc4)cs3)C[C@@H]12. The molecule has 0 bridgehead atoms. The summed E-state index contributed by atoms with van der Waals surface area (Å²) in [6.07, 6.45) is 1.21. The second kappa shape index (κ2) is 13.6. The molecule has 2 aliphatic heterocycles. The minimum atomic E-state index is -4.81. The van der Waals surface area contributed by atoms with Crippen LogP contribution in [0, 0.1) is 11.7 Å². The Hall–Kier alpha value is -4.46. The van der Waals surface area contributed by atoms with Gasteiger partial charge < -0.3 is 25.4 Å². The minimum Gasteiger partial charge on any atom is -0.479 e. The van der Waals surface area contributed by atoms with Crippen LogP contribution in [0.15, 0.2) is 66.1 Å². The van der Waals surface area contributed by atoms with E-state index in [1.807, 2.05) is 41.8 Å². The fourth-order valence-electron chi connectivity index (χ4n) is 6.38. The highest BCUT2D eigenvalue weighted by Crippen LogP contribution is 2.45. The van der Waals surface area contributed by atoms with Gasteiger partial charge in [-0.1, -0.05) is 66.7 Å². The summed E-state index contributed by atoms with van der Waals surface area (Å²) in [5, 5.41) is 17.7. The Kier molecular flexibility index (Phi) is 9.46. The maximum absolute atomic E-state index is 14.3. The standard InChI is InChI=1S/C34H34F4N4O5S/c35-23-13-22(34(36,37)38)14-24(15-23)39-26-12-8-3-1-2-7-11-21-17-33(21,31(45)46)41-29(43)28-16-25(18-42(28)30(26)44)47-32-40-27(19-48-32)20-9-5-4-6-10-20/h4-7,9-11,13-15,19,21,25-26,28,39H,1-3,8,12,16-18H2,(H,41,43)(H,45,46)/b11-7-/t21-,25-,26+,28+,33-/m1/s1. The molecule has 2 fully saturated rings. The number of nitrogens with one attached hydrogen (secondary N) is 2. The largest absolute Gasteiger partial charge is 0.479 e. The van der Waals surface area contributed by atoms with Crippen molar-refractivity contribution in [2.24, 2.45) is 5.92 Å². The molecule has 14 heteroatoms. The Bertz CT molecular complexity index is 1700. The van der Waals surface area contributed by atoms with Gasteiger partial charge in [0.2, 0.25) is 11.8 Å². The number of thiazole rings is 1. The summed E-state index contributed by atoms with van der Waals surface area (Å²) >= 11 is 1.25. The number of aromatic nitrogens is 1. The van der Waals surface area contributed by atoms with Crippen molar-refractivity contribution in [1.29, 1.82) is 0 Å². The van der Waals surface area contributed by atoms with E-state index in [2.05, 4.69) is 15.6 Å². The number of rotatable bonds is 6. The molecule has 0 unspecified atom stereocenters. The molecule has 1 aliphatic carbocycles. The van der Waals surface area contributed by atoms with Gasteiger partial charge in [-0.05, 0) is 43.9 Å². The smallest absolute Gasteiger partial charge is 0.416 e. The van der Waals surface area contributed by atoms with Gasteiger partial charge in [0.05, 0.1) is 17.8 Å². The molecule has 2 amide bonds. The zero-order valence-corrected chi connectivity index (χ0v) is 26.5. The van der Waals surface area contributed by atoms with Crippen molar-refractivity contribution in [3.63, 3.8) is 0 Å². The Morgan fingerprint density at radius 1 is 1.12 bits per heavy atom. The summed E-state index contributed by atoms with van der Waals surface area (Å²) in [5.41, 5.74) is -1.37. The van der Waals surface area contributed by atoms with Crippen LogP contribution in [0.5, 0.6) is 5.19 Å². The number of aliphatic carboxylic acids is 1. The number of carbonyl (C=O) groups is 3. The van der Waals surface area contributed by atoms with Crippen LogP contribution < -0.4 is 15.4 Å². The van der Waals surface area contributed by atoms with E-state index in [1.165, 1.54) is 16.2 Å². The zero-order valence-electron chi connectivity index (χ0n) is 25.7. The summed E-state index contributed by atoms with van der Waals surface area (Å²) < 4.78 is 60.9. The Morgan fingerprint density at radius 2 is 1.92 bits per heavy atom. The molecule has 1 saturated carbocycles. The van der Waals surface area contributed by atoms with Crippen molar-refractivity contribution in [2.45, 2.75) is 74.8 Å². The van der Waals surface area contributed by atoms with Crippen molar-refractivity contribution in [3.05, 3.63) is 77.4 Å². The van der Waals surface area contributed by atoms with Crippen molar-refractivity contribution in [3.8, 4) is 16.5 Å². The molecule has 5 atom stereocenters. The average Bonchev–Trinajstić information content (AvgIpc) is 3.33. The summed E-state index contributed by atoms with van der Waals surface area (Å²) in [4.78, 5) is 46.2. The first-order chi connectivity index (χ1) is 22.9. The Balaban J connectivity index is 1.29. The van der Waals surface area contributed by atoms with Gasteiger partial charge in [-0.25, -0.2) is 14.2 Å². The second-order valence-corrected chi connectivity index (χ2v) is 13.2. The average molecular weight is 687 g/mol. The highest BCUT2D eigenvalue weighted by Gasteiger charge is 2.61. The van der Waals surface area contributed by atoms with Gasteiger partial charge in [0, 0.05) is 29.0 Å². The molecular formula is C34H34F4N4O5S. The van der Waals surface area contributed by atoms with Gasteiger partial charge >= 0.3 is 12.1 Å². The van der Waals surface area contributed by atoms with Crippen LogP contribution in [-0.2, 0) is 20.6 Å². The molecule has 254 valence electrons. The van der Waals surface area contributed by atoms with Crippen LogP contribution in [0.1, 0.15) is 50.5 Å². The number of hydrogen-bond donors (Lipinski definition) is 3. The van der Waals surface area contributed by atoms with Gasteiger partial charge in [-0.15, -0.1) is 0 Å². The molecule has 0 spiro atoms. The molecule has 3 N–H and O–H groups in total. The zero-order chi connectivity index (χ0) is 34.1. The van der Waals surface area contributed by atoms with E-state index in [0.717, 1.165) is 24.1 Å². The highest BCUT2D eigenvalue weighted by molar-refractivity contribution is 7.11. The third-order valence-electron chi connectivity index (χ3n) is 9.01. The van der Waals surface area contributed by atoms with Gasteiger partial charge in [0.25, 0.3) is 5.19 Å². The van der Waals surface area contributed by atoms with E-state index >= 15 is 0 Å². The number of alkyl halides is 3. The number of ether oxygens (including phenoxy) is 1. The van der Waals surface area contributed by atoms with Crippen LogP contribution in [0.25, 0.3) is 11.3 Å². The number of nitrogens with zero attached hydrogens (tertiary/aromatic N) is 2. The monoisotopic (exact) mass is 686 g/mol. The fourth-order valence-corrected chi connectivity index (χ4v) is 7.12. The van der Waals surface area contributed by atoms with Gasteiger partial charge in [0.15, 0.2) is 0 Å². The molecule has 2 aromatic carbocycles. The number of benzene rings is 2. The van der Waals surface area contributed by atoms with Crippen molar-refractivity contribution in [2.75, 3.05) is 11.9 Å². The molecule has 9 nitrogen and oxygen atoms in total. The maximum atomic E-state index is 14.3. The van der Waals surface area contributed by atoms with Crippen molar-refractivity contribution < 1.29 is 41.8 Å². The van der Waals surface area contributed by atoms with Crippen LogP contribution >= 0.6 is 11.3 Å². The molecule has 3 aromatic rings. The molecule has 3 aliphatic rings. The first-order valence-corrected chi connectivity index (χ1v) is 16.7. The number of hydrogen-bond acceptors (Lipinski definition) is 7. The quantitative estimate of drug-likeness (QED) is 0.206. The number of carboxylic acid groups (broad SMARTS) is 1. The van der Waals surface area contributed by atoms with Crippen LogP contribution in [-0.4, -0.2) is 63.0 Å². The number of carboxylic acids is 1. The van der Waals surface area contributed by atoms with Gasteiger partial charge in [0.1, 0.15) is 29.5 Å². The molecule has 48 heavy (non-hydrogen) atoms. The molecular weight excluding hydrogens is 652 g/mol. The third-order valence-corrected chi connectivity index (χ3v) is 9.74. The Morgan fingerprint density at radius 3 is 2.67 bits per heavy atom. The highest BCUT2D eigenvalue weighted by atomic mass is 32.1. The van der Waals surface area contributed by atoms with Gasteiger partial charge in [-0.2, -0.15) is 13.2 Å². The maximum Gasteiger partial charge on any atom is 0.416 e. The summed E-state index contributed by atoms with van der Waals surface area (Å²) in [7, 11) is 0. The van der Waals surface area contributed by atoms with Crippen molar-refractivity contribution in [1.82, 2.24) is 15.2 Å². The number of fused-ring (bicyclic) bond motifs is 2. The van der Waals surface area contributed by atoms with Crippen LogP contribution in [0.2, 0.25) is 0 Å². The van der Waals surface area contributed by atoms with E-state index in [1.54, 1.807) is 6.08 Å². The lowest BCUT2D eigenvalue weighted by Crippen LogP contribution is -2.55. The summed E-state index contributed by atoms with van der Waals surface area (Å²) in [5.74, 6) is -3.96. The minimum absolute atomic E-state index is 0.0267. The molecule has 0 radical (unpaired) electrons. The first kappa shape index (κ1) is 33.4. The molecule has 6 rings (SSSR count). The predicted molar refractivity (Wildman–Crippen MR) is 170 cm³/mol. The molecule has 3 heterocycles. The normalized spacial score (nSPS) is 27.1. The lowest BCUT2D eigenvalue weighted by Gasteiger charge is -2.30. The fraction of sp³-hybridized carbons (Fsp3) is 0.412. The number of anilines is 1. The Labute approximate surface area is 278 Å². The van der Waals surface area contributed by atoms with Gasteiger partial charge in [-0.3, -0.25) is 9.59 Å². The third kappa shape index (κ3) is 7.33. The first-order valence-electron chi connectivity index (χ1n) is 15.8. The lowest BCUT2D eigenvalue weighted by atomic mass is 10.0. The van der Waals surface area contributed by atoms with E-state index in [-0.39, 0.29) is 31.5 Å². The van der Waals surface area contributed by atoms with E-state index in [9.17, 15) is 37.1 Å². The number of amides is 2. The number of carbonyl (C=O) groups excluding carboxylic acids is 2. The number of allylic oxidation sites excluding steroid dienone is 1. The van der Waals surface area contributed by atoms with E-state index < -0.39 is 65.0 Å².